The lowest BCUT2D eigenvalue weighted by Gasteiger charge is -2.30. The lowest BCUT2D eigenvalue weighted by molar-refractivity contribution is 0.0697. The number of rotatable bonds is 2. The number of carbonyl (C=O) groups is 1. The SMILES string of the molecule is Cc1csc2c(C(=O)O)c(=O)c3cc(F)c(N4CCNCC4)cc3n12.O. The van der Waals surface area contributed by atoms with Gasteiger partial charge in [-0.3, -0.25) is 4.79 Å². The molecule has 1 aromatic carbocycles. The van der Waals surface area contributed by atoms with Crippen LogP contribution in [0.2, 0.25) is 0 Å². The molecule has 1 saturated heterocycles. The van der Waals surface area contributed by atoms with Crippen LogP contribution in [0.25, 0.3) is 15.7 Å². The maximum Gasteiger partial charge on any atom is 0.342 e. The molecule has 26 heavy (non-hydrogen) atoms. The fourth-order valence-electron chi connectivity index (χ4n) is 3.36. The van der Waals surface area contributed by atoms with Crippen LogP contribution >= 0.6 is 11.3 Å². The van der Waals surface area contributed by atoms with Crippen molar-refractivity contribution >= 4 is 38.7 Å². The Kier molecular flexibility index (Phi) is 4.70. The summed E-state index contributed by atoms with van der Waals surface area (Å²) in [6, 6.07) is 2.83. The second-order valence-electron chi connectivity index (χ2n) is 6.08. The van der Waals surface area contributed by atoms with E-state index in [1.807, 2.05) is 11.8 Å². The Hall–Kier alpha value is -2.49. The summed E-state index contributed by atoms with van der Waals surface area (Å²) in [4.78, 5) is 26.5. The molecular weight excluding hydrogens is 361 g/mol. The Morgan fingerprint density at radius 1 is 1.31 bits per heavy atom. The summed E-state index contributed by atoms with van der Waals surface area (Å²) in [7, 11) is 0. The highest BCUT2D eigenvalue weighted by Gasteiger charge is 2.23. The molecule has 0 saturated carbocycles. The monoisotopic (exact) mass is 379 g/mol. The normalized spacial score (nSPS) is 14.6. The van der Waals surface area contributed by atoms with E-state index >= 15 is 0 Å². The quantitative estimate of drug-likeness (QED) is 0.697. The number of carboxylic acid groups (broad SMARTS) is 1. The molecule has 0 unspecified atom stereocenters. The van der Waals surface area contributed by atoms with E-state index < -0.39 is 17.2 Å². The molecule has 2 aromatic heterocycles. The zero-order chi connectivity index (χ0) is 17.7. The molecule has 1 aliphatic heterocycles. The van der Waals surface area contributed by atoms with Crippen molar-refractivity contribution in [3.8, 4) is 0 Å². The first-order valence-corrected chi connectivity index (χ1v) is 8.82. The third kappa shape index (κ3) is 2.64. The molecule has 1 fully saturated rings. The number of aromatic carboxylic acids is 1. The summed E-state index contributed by atoms with van der Waals surface area (Å²) in [6.07, 6.45) is 0. The second kappa shape index (κ2) is 6.67. The molecule has 3 aromatic rings. The fourth-order valence-corrected chi connectivity index (χ4v) is 4.40. The van der Waals surface area contributed by atoms with Crippen molar-refractivity contribution in [3.63, 3.8) is 0 Å². The molecule has 138 valence electrons. The molecule has 3 heterocycles. The number of thiazole rings is 1. The number of fused-ring (bicyclic) bond motifs is 3. The van der Waals surface area contributed by atoms with Crippen LogP contribution in [0.3, 0.4) is 0 Å². The number of carboxylic acids is 1. The first-order valence-electron chi connectivity index (χ1n) is 7.94. The van der Waals surface area contributed by atoms with Gasteiger partial charge in [-0.1, -0.05) is 0 Å². The van der Waals surface area contributed by atoms with Gasteiger partial charge in [0.2, 0.25) is 5.43 Å². The average Bonchev–Trinajstić information content (AvgIpc) is 2.97. The average molecular weight is 379 g/mol. The van der Waals surface area contributed by atoms with E-state index in [9.17, 15) is 19.1 Å². The molecule has 9 heteroatoms. The molecular formula is C17H18FN3O4S. The second-order valence-corrected chi connectivity index (χ2v) is 6.94. The number of aryl methyl sites for hydroxylation is 1. The first-order chi connectivity index (χ1) is 12.0. The smallest absolute Gasteiger partial charge is 0.342 e. The van der Waals surface area contributed by atoms with Crippen LogP contribution in [0, 0.1) is 12.7 Å². The molecule has 0 bridgehead atoms. The van der Waals surface area contributed by atoms with Crippen molar-refractivity contribution < 1.29 is 19.8 Å². The Labute approximate surface area is 151 Å². The van der Waals surface area contributed by atoms with Crippen LogP contribution in [0.1, 0.15) is 16.1 Å². The van der Waals surface area contributed by atoms with Crippen molar-refractivity contribution in [3.05, 3.63) is 44.8 Å². The molecule has 4 rings (SSSR count). The van der Waals surface area contributed by atoms with Crippen LogP contribution in [-0.4, -0.2) is 47.1 Å². The minimum absolute atomic E-state index is 0. The summed E-state index contributed by atoms with van der Waals surface area (Å²) < 4.78 is 16.4. The summed E-state index contributed by atoms with van der Waals surface area (Å²) in [5.74, 6) is -1.80. The number of hydrogen-bond donors (Lipinski definition) is 2. The van der Waals surface area contributed by atoms with Crippen molar-refractivity contribution in [2.75, 3.05) is 31.1 Å². The van der Waals surface area contributed by atoms with E-state index in [1.54, 1.807) is 15.8 Å². The van der Waals surface area contributed by atoms with Gasteiger partial charge in [0.25, 0.3) is 0 Å². The number of pyridine rings is 1. The molecule has 7 nitrogen and oxygen atoms in total. The van der Waals surface area contributed by atoms with E-state index in [0.29, 0.717) is 29.1 Å². The number of nitrogens with zero attached hydrogens (tertiary/aromatic N) is 2. The summed E-state index contributed by atoms with van der Waals surface area (Å²) in [6.45, 7) is 4.73. The zero-order valence-electron chi connectivity index (χ0n) is 14.0. The van der Waals surface area contributed by atoms with Crippen LogP contribution < -0.4 is 15.6 Å². The number of hydrogen-bond acceptors (Lipinski definition) is 5. The standard InChI is InChI=1S/C17H16FN3O3S.H2O/c1-9-8-25-16-14(17(23)24)15(22)10-6-11(18)13(7-12(10)21(9)16)20-4-2-19-3-5-20;/h6-8,19H,2-5H2,1H3,(H,23,24);1H2. The minimum atomic E-state index is -1.29. The third-order valence-electron chi connectivity index (χ3n) is 4.56. The van der Waals surface area contributed by atoms with Gasteiger partial charge in [-0.25, -0.2) is 9.18 Å². The van der Waals surface area contributed by atoms with Crippen molar-refractivity contribution in [2.45, 2.75) is 6.92 Å². The Morgan fingerprint density at radius 2 is 2.00 bits per heavy atom. The van der Waals surface area contributed by atoms with Gasteiger partial charge < -0.3 is 25.2 Å². The molecule has 0 radical (unpaired) electrons. The number of aromatic nitrogens is 1. The van der Waals surface area contributed by atoms with Crippen LogP contribution in [0.15, 0.2) is 22.3 Å². The van der Waals surface area contributed by atoms with E-state index in [2.05, 4.69) is 5.32 Å². The van der Waals surface area contributed by atoms with E-state index in [4.69, 9.17) is 0 Å². The number of nitrogens with one attached hydrogen (secondary N) is 1. The van der Waals surface area contributed by atoms with Gasteiger partial charge in [0.05, 0.1) is 16.6 Å². The highest BCUT2D eigenvalue weighted by atomic mass is 32.1. The highest BCUT2D eigenvalue weighted by molar-refractivity contribution is 7.16. The molecule has 0 aliphatic carbocycles. The van der Waals surface area contributed by atoms with Gasteiger partial charge >= 0.3 is 5.97 Å². The van der Waals surface area contributed by atoms with Crippen LogP contribution in [0.4, 0.5) is 10.1 Å². The number of benzene rings is 1. The molecule has 4 N–H and O–H groups in total. The van der Waals surface area contributed by atoms with Gasteiger partial charge in [0.15, 0.2) is 0 Å². The maximum absolute atomic E-state index is 14.7. The van der Waals surface area contributed by atoms with Gasteiger partial charge in [-0.2, -0.15) is 0 Å². The van der Waals surface area contributed by atoms with Gasteiger partial charge in [0.1, 0.15) is 16.2 Å². The summed E-state index contributed by atoms with van der Waals surface area (Å²) >= 11 is 1.21. The van der Waals surface area contributed by atoms with E-state index in [0.717, 1.165) is 18.8 Å². The van der Waals surface area contributed by atoms with Gasteiger partial charge in [0, 0.05) is 37.3 Å². The molecule has 1 aliphatic rings. The first kappa shape index (κ1) is 18.3. The molecule has 0 spiro atoms. The summed E-state index contributed by atoms with van der Waals surface area (Å²) in [5.41, 5.74) is 0.843. The van der Waals surface area contributed by atoms with Crippen molar-refractivity contribution in [2.24, 2.45) is 0 Å². The fraction of sp³-hybridized carbons (Fsp3) is 0.294. The van der Waals surface area contributed by atoms with Crippen LogP contribution in [-0.2, 0) is 0 Å². The molecule has 0 amide bonds. The predicted octanol–water partition coefficient (Wildman–Crippen LogP) is 1.24. The van der Waals surface area contributed by atoms with Gasteiger partial charge in [-0.15, -0.1) is 11.3 Å². The number of piperazine rings is 1. The zero-order valence-corrected chi connectivity index (χ0v) is 14.8. The third-order valence-corrected chi connectivity index (χ3v) is 5.63. The largest absolute Gasteiger partial charge is 0.477 e. The highest BCUT2D eigenvalue weighted by Crippen LogP contribution is 2.29. The lowest BCUT2D eigenvalue weighted by Crippen LogP contribution is -2.43. The lowest BCUT2D eigenvalue weighted by atomic mass is 10.1. The Morgan fingerprint density at radius 3 is 2.65 bits per heavy atom. The maximum atomic E-state index is 14.7. The topological polar surface area (TPSA) is 106 Å². The predicted molar refractivity (Wildman–Crippen MR) is 99.4 cm³/mol. The van der Waals surface area contributed by atoms with E-state index in [-0.39, 0.29) is 16.4 Å². The minimum Gasteiger partial charge on any atom is -0.477 e. The number of halogens is 1. The van der Waals surface area contributed by atoms with Gasteiger partial charge in [-0.05, 0) is 19.1 Å². The Bertz CT molecular complexity index is 1070. The number of anilines is 1. The molecule has 0 atom stereocenters. The Balaban J connectivity index is 0.00000196. The van der Waals surface area contributed by atoms with E-state index in [1.165, 1.54) is 17.4 Å². The van der Waals surface area contributed by atoms with Crippen LogP contribution in [0.5, 0.6) is 0 Å². The van der Waals surface area contributed by atoms with Crippen molar-refractivity contribution in [1.82, 2.24) is 9.72 Å². The summed E-state index contributed by atoms with van der Waals surface area (Å²) in [5, 5.41) is 14.6. The van der Waals surface area contributed by atoms with Crippen molar-refractivity contribution in [1.29, 1.82) is 0 Å².